The van der Waals surface area contributed by atoms with Crippen LogP contribution in [0.2, 0.25) is 5.02 Å². The Labute approximate surface area is 134 Å². The highest BCUT2D eigenvalue weighted by Crippen LogP contribution is 2.26. The smallest absolute Gasteiger partial charge is 0.130 e. The average molecular weight is 321 g/mol. The Morgan fingerprint density at radius 1 is 1.24 bits per heavy atom. The third-order valence-corrected chi connectivity index (χ3v) is 4.46. The molecule has 0 unspecified atom stereocenters. The summed E-state index contributed by atoms with van der Waals surface area (Å²) in [6.45, 7) is 0. The van der Waals surface area contributed by atoms with Crippen molar-refractivity contribution < 1.29 is 4.74 Å². The van der Waals surface area contributed by atoms with Gasteiger partial charge in [0.2, 0.25) is 0 Å². The van der Waals surface area contributed by atoms with Crippen LogP contribution in [-0.2, 0) is 11.5 Å². The van der Waals surface area contributed by atoms with Crippen LogP contribution in [0.3, 0.4) is 0 Å². The fourth-order valence-electron chi connectivity index (χ4n) is 1.94. The first-order valence-corrected chi connectivity index (χ1v) is 7.97. The predicted octanol–water partition coefficient (Wildman–Crippen LogP) is 4.07. The molecule has 0 amide bonds. The molecule has 0 saturated carbocycles. The first kappa shape index (κ1) is 15.7. The summed E-state index contributed by atoms with van der Waals surface area (Å²) in [5, 5.41) is 8.30. The van der Waals surface area contributed by atoms with Crippen molar-refractivity contribution in [3.63, 3.8) is 0 Å². The van der Waals surface area contributed by atoms with Gasteiger partial charge in [-0.3, -0.25) is 5.41 Å². The third kappa shape index (κ3) is 4.16. The fraction of sp³-hybridized carbons (Fsp3) is 0.188. The zero-order valence-corrected chi connectivity index (χ0v) is 13.3. The van der Waals surface area contributed by atoms with E-state index in [0.29, 0.717) is 11.3 Å². The number of hydrogen-bond donors (Lipinski definition) is 2. The second-order valence-electron chi connectivity index (χ2n) is 4.53. The lowest BCUT2D eigenvalue weighted by Gasteiger charge is -2.10. The quantitative estimate of drug-likeness (QED) is 0.623. The molecule has 0 fully saturated rings. The summed E-state index contributed by atoms with van der Waals surface area (Å²) in [5.41, 5.74) is 8.41. The van der Waals surface area contributed by atoms with Crippen LogP contribution in [-0.4, -0.2) is 12.9 Å². The zero-order valence-electron chi connectivity index (χ0n) is 11.7. The Balaban J connectivity index is 2.01. The Morgan fingerprint density at radius 2 is 2.00 bits per heavy atom. The summed E-state index contributed by atoms with van der Waals surface area (Å²) in [6.07, 6.45) is 0. The molecule has 0 aliphatic rings. The Morgan fingerprint density at radius 3 is 2.67 bits per heavy atom. The standard InChI is InChI=1S/C16H17ClN2OS/c1-20-15-8-11(6-7-13(15)16(18)19)9-21-10-12-4-2-3-5-14(12)17/h2-8H,9-10H2,1H3,(H3,18,19). The summed E-state index contributed by atoms with van der Waals surface area (Å²) >= 11 is 7.92. The van der Waals surface area contributed by atoms with E-state index in [-0.39, 0.29) is 5.84 Å². The van der Waals surface area contributed by atoms with Gasteiger partial charge in [-0.15, -0.1) is 0 Å². The number of nitrogens with two attached hydrogens (primary N) is 1. The summed E-state index contributed by atoms with van der Waals surface area (Å²) < 4.78 is 5.28. The van der Waals surface area contributed by atoms with E-state index < -0.39 is 0 Å². The van der Waals surface area contributed by atoms with Crippen molar-refractivity contribution in [2.45, 2.75) is 11.5 Å². The van der Waals surface area contributed by atoms with E-state index in [4.69, 9.17) is 27.5 Å². The highest BCUT2D eigenvalue weighted by Gasteiger charge is 2.07. The largest absolute Gasteiger partial charge is 0.496 e. The number of amidine groups is 1. The second kappa shape index (κ2) is 7.38. The van der Waals surface area contributed by atoms with Gasteiger partial charge in [-0.1, -0.05) is 35.9 Å². The summed E-state index contributed by atoms with van der Waals surface area (Å²) in [6, 6.07) is 13.6. The van der Waals surface area contributed by atoms with Crippen molar-refractivity contribution in [2.24, 2.45) is 5.73 Å². The minimum atomic E-state index is 0.0159. The van der Waals surface area contributed by atoms with Gasteiger partial charge in [0.15, 0.2) is 0 Å². The molecule has 110 valence electrons. The van der Waals surface area contributed by atoms with Gasteiger partial charge < -0.3 is 10.5 Å². The van der Waals surface area contributed by atoms with E-state index in [9.17, 15) is 0 Å². The molecule has 2 aromatic carbocycles. The minimum absolute atomic E-state index is 0.0159. The number of ether oxygens (including phenoxy) is 1. The number of benzene rings is 2. The van der Waals surface area contributed by atoms with Crippen LogP contribution in [0.1, 0.15) is 16.7 Å². The summed E-state index contributed by atoms with van der Waals surface area (Å²) in [5.74, 6) is 2.36. The molecule has 2 aromatic rings. The van der Waals surface area contributed by atoms with Crippen LogP contribution in [0.4, 0.5) is 0 Å². The van der Waals surface area contributed by atoms with Crippen LogP contribution in [0, 0.1) is 5.41 Å². The zero-order chi connectivity index (χ0) is 15.2. The Hall–Kier alpha value is -1.65. The van der Waals surface area contributed by atoms with Gasteiger partial charge in [0.05, 0.1) is 12.7 Å². The highest BCUT2D eigenvalue weighted by molar-refractivity contribution is 7.97. The maximum Gasteiger partial charge on any atom is 0.130 e. The molecule has 2 rings (SSSR count). The van der Waals surface area contributed by atoms with Gasteiger partial charge in [-0.05, 0) is 29.3 Å². The molecule has 21 heavy (non-hydrogen) atoms. The van der Waals surface area contributed by atoms with Crippen molar-refractivity contribution in [2.75, 3.05) is 7.11 Å². The molecule has 5 heteroatoms. The Kier molecular flexibility index (Phi) is 5.53. The fourth-order valence-corrected chi connectivity index (χ4v) is 3.21. The molecule has 0 aliphatic carbocycles. The predicted molar refractivity (Wildman–Crippen MR) is 90.5 cm³/mol. The van der Waals surface area contributed by atoms with Gasteiger partial charge in [0.1, 0.15) is 11.6 Å². The molecule has 0 spiro atoms. The summed E-state index contributed by atoms with van der Waals surface area (Å²) in [7, 11) is 1.59. The molecule has 0 heterocycles. The molecule has 0 bridgehead atoms. The molecule has 3 nitrogen and oxygen atoms in total. The minimum Gasteiger partial charge on any atom is -0.496 e. The maximum absolute atomic E-state index is 7.50. The van der Waals surface area contributed by atoms with Gasteiger partial charge in [0.25, 0.3) is 0 Å². The van der Waals surface area contributed by atoms with E-state index in [1.54, 1.807) is 18.9 Å². The third-order valence-electron chi connectivity index (χ3n) is 3.04. The number of nitrogen functional groups attached to an aromatic ring is 1. The van der Waals surface area contributed by atoms with E-state index in [1.165, 1.54) is 0 Å². The highest BCUT2D eigenvalue weighted by atomic mass is 35.5. The number of thioether (sulfide) groups is 1. The van der Waals surface area contributed by atoms with Crippen molar-refractivity contribution in [1.29, 1.82) is 5.41 Å². The van der Waals surface area contributed by atoms with Gasteiger partial charge in [-0.2, -0.15) is 11.8 Å². The van der Waals surface area contributed by atoms with Crippen LogP contribution in [0.15, 0.2) is 42.5 Å². The molecular weight excluding hydrogens is 304 g/mol. The lowest BCUT2D eigenvalue weighted by Crippen LogP contribution is -2.12. The number of halogens is 1. The van der Waals surface area contributed by atoms with E-state index >= 15 is 0 Å². The topological polar surface area (TPSA) is 59.1 Å². The van der Waals surface area contributed by atoms with Crippen LogP contribution in [0.25, 0.3) is 0 Å². The monoisotopic (exact) mass is 320 g/mol. The second-order valence-corrected chi connectivity index (χ2v) is 5.93. The lowest BCUT2D eigenvalue weighted by molar-refractivity contribution is 0.413. The van der Waals surface area contributed by atoms with Crippen molar-refractivity contribution in [3.8, 4) is 5.75 Å². The normalized spacial score (nSPS) is 10.4. The molecular formula is C16H17ClN2OS. The molecule has 3 N–H and O–H groups in total. The number of methoxy groups -OCH3 is 1. The molecule has 0 aliphatic heterocycles. The van der Waals surface area contributed by atoms with Crippen LogP contribution >= 0.6 is 23.4 Å². The van der Waals surface area contributed by atoms with Crippen LogP contribution in [0.5, 0.6) is 5.75 Å². The lowest BCUT2D eigenvalue weighted by atomic mass is 10.1. The van der Waals surface area contributed by atoms with E-state index in [1.807, 2.05) is 42.5 Å². The number of rotatable bonds is 6. The van der Waals surface area contributed by atoms with Gasteiger partial charge in [0, 0.05) is 16.5 Å². The maximum atomic E-state index is 7.50. The molecule has 0 aromatic heterocycles. The van der Waals surface area contributed by atoms with E-state index in [2.05, 4.69) is 0 Å². The SMILES string of the molecule is COc1cc(CSCc2ccccc2Cl)ccc1C(=N)N. The first-order valence-electron chi connectivity index (χ1n) is 6.44. The molecule has 0 radical (unpaired) electrons. The van der Waals surface area contributed by atoms with Crippen molar-refractivity contribution in [3.05, 3.63) is 64.2 Å². The number of nitrogens with one attached hydrogen (secondary N) is 1. The average Bonchev–Trinajstić information content (AvgIpc) is 2.48. The summed E-state index contributed by atoms with van der Waals surface area (Å²) in [4.78, 5) is 0. The molecule has 0 saturated heterocycles. The van der Waals surface area contributed by atoms with E-state index in [0.717, 1.165) is 27.7 Å². The van der Waals surface area contributed by atoms with Crippen molar-refractivity contribution in [1.82, 2.24) is 0 Å². The molecule has 0 atom stereocenters. The van der Waals surface area contributed by atoms with Gasteiger partial charge >= 0.3 is 0 Å². The Bertz CT molecular complexity index is 646. The van der Waals surface area contributed by atoms with Crippen molar-refractivity contribution >= 4 is 29.2 Å². The van der Waals surface area contributed by atoms with Crippen LogP contribution < -0.4 is 10.5 Å². The number of hydrogen-bond acceptors (Lipinski definition) is 3. The first-order chi connectivity index (χ1) is 10.1. The van der Waals surface area contributed by atoms with Gasteiger partial charge in [-0.25, -0.2) is 0 Å².